The molecule has 0 unspecified atom stereocenters. The van der Waals surface area contributed by atoms with Crippen LogP contribution in [-0.2, 0) is 9.53 Å². The van der Waals surface area contributed by atoms with Crippen LogP contribution in [0.1, 0.15) is 55.3 Å². The van der Waals surface area contributed by atoms with E-state index in [0.29, 0.717) is 67.4 Å². The Morgan fingerprint density at radius 2 is 1.78 bits per heavy atom. The van der Waals surface area contributed by atoms with E-state index in [4.69, 9.17) is 16.3 Å². The molecule has 0 bridgehead atoms. The molecular weight excluding hydrogens is 793 g/mol. The van der Waals surface area contributed by atoms with E-state index < -0.39 is 36.2 Å². The lowest BCUT2D eigenvalue weighted by Gasteiger charge is -2.37. The fraction of sp³-hybridized carbons (Fsp3) is 0.439. The molecule has 5 heterocycles. The molecule has 0 spiro atoms. The van der Waals surface area contributed by atoms with Crippen molar-refractivity contribution < 1.29 is 42.1 Å². The summed E-state index contributed by atoms with van der Waals surface area (Å²) in [4.78, 5) is 56.9. The van der Waals surface area contributed by atoms with E-state index in [-0.39, 0.29) is 39.9 Å². The largest absolute Gasteiger partial charge is 0.573 e. The summed E-state index contributed by atoms with van der Waals surface area (Å²) in [6.07, 6.45) is -1.39. The van der Waals surface area contributed by atoms with E-state index in [0.717, 1.165) is 36.4 Å². The van der Waals surface area contributed by atoms with Crippen LogP contribution in [0.25, 0.3) is 22.4 Å². The number of aromatic amines is 1. The number of halogens is 4. The van der Waals surface area contributed by atoms with Crippen LogP contribution in [0.2, 0.25) is 5.02 Å². The maximum atomic E-state index is 14.1. The molecule has 59 heavy (non-hydrogen) atoms. The molecule has 14 nitrogen and oxygen atoms in total. The van der Waals surface area contributed by atoms with E-state index in [1.54, 1.807) is 47.5 Å². The predicted molar refractivity (Wildman–Crippen MR) is 214 cm³/mol. The lowest BCUT2D eigenvalue weighted by molar-refractivity contribution is -0.274. The minimum Gasteiger partial charge on any atom is -0.465 e. The standard InChI is InChI=1S/C41H46ClF3N8O6/c1-23-16-33(53(22-23)39(55)36(51(3)40(56)57)27-10-14-58-15-11-27)37-48-21-32(50-37)26-6-4-25(5-7-26)29-17-31(42)30(18-34(29)59-41(43,44)45)38(54)49-28-8-9-35(47-20-28)52-13-12-46-19-24(52)2/h4-9,17-18,20-21,23-24,27,33,36,46H,10-16,19,22H2,1-3H3,(H,48,50)(H,49,54)(H,56,57)/t23-,24+,33-,36-/m0/s1. The highest BCUT2D eigenvalue weighted by atomic mass is 35.5. The average molecular weight is 839 g/mol. The van der Waals surface area contributed by atoms with E-state index in [2.05, 4.69) is 42.1 Å². The number of nitrogens with zero attached hydrogens (tertiary/aromatic N) is 5. The first-order chi connectivity index (χ1) is 28.2. The number of benzene rings is 2. The number of anilines is 2. The van der Waals surface area contributed by atoms with E-state index >= 15 is 0 Å². The van der Waals surface area contributed by atoms with Gasteiger partial charge in [-0.2, -0.15) is 0 Å². The predicted octanol–water partition coefficient (Wildman–Crippen LogP) is 7.06. The Bertz CT molecular complexity index is 2150. The molecule has 3 aliphatic rings. The zero-order chi connectivity index (χ0) is 42.0. The molecule has 3 amide bonds. The molecular formula is C41H46ClF3N8O6. The van der Waals surface area contributed by atoms with Gasteiger partial charge in [-0.1, -0.05) is 42.8 Å². The molecule has 2 aromatic heterocycles. The zero-order valence-electron chi connectivity index (χ0n) is 32.8. The van der Waals surface area contributed by atoms with Crippen LogP contribution in [0.4, 0.5) is 29.5 Å². The SMILES string of the molecule is C[C@H]1C[C@@H](c2ncc(-c3ccc(-c4cc(Cl)c(C(=O)Nc5ccc(N6CCNC[C@H]6C)nc5)cc4OC(F)(F)F)cc3)[nH]2)N(C(=O)[C@H](C2CCOCC2)N(C)C(=O)O)C1. The Hall–Kier alpha value is -5.39. The number of carboxylic acid groups (broad SMARTS) is 1. The molecule has 314 valence electrons. The topological polar surface area (TPSA) is 165 Å². The number of ether oxygens (including phenoxy) is 2. The maximum Gasteiger partial charge on any atom is 0.573 e. The minimum absolute atomic E-state index is 0.0106. The van der Waals surface area contributed by atoms with Gasteiger partial charge in [0.2, 0.25) is 5.91 Å². The molecule has 18 heteroatoms. The van der Waals surface area contributed by atoms with Crippen LogP contribution in [0, 0.1) is 11.8 Å². The molecule has 4 atom stereocenters. The van der Waals surface area contributed by atoms with Crippen molar-refractivity contribution in [3.63, 3.8) is 0 Å². The summed E-state index contributed by atoms with van der Waals surface area (Å²) in [7, 11) is 1.42. The Morgan fingerprint density at radius 1 is 1.05 bits per heavy atom. The second kappa shape index (κ2) is 17.5. The molecule has 3 aliphatic heterocycles. The third-order valence-electron chi connectivity index (χ3n) is 11.2. The number of rotatable bonds is 10. The molecule has 7 rings (SSSR count). The first kappa shape index (κ1) is 41.8. The highest BCUT2D eigenvalue weighted by molar-refractivity contribution is 6.35. The zero-order valence-corrected chi connectivity index (χ0v) is 33.5. The Morgan fingerprint density at radius 3 is 2.44 bits per heavy atom. The number of likely N-dealkylation sites (tertiary alicyclic amines) is 1. The number of imidazole rings is 1. The number of piperazine rings is 1. The summed E-state index contributed by atoms with van der Waals surface area (Å²) >= 11 is 6.55. The van der Waals surface area contributed by atoms with Crippen molar-refractivity contribution in [3.8, 4) is 28.1 Å². The number of hydrogen-bond donors (Lipinski definition) is 4. The number of nitrogens with one attached hydrogen (secondary N) is 3. The highest BCUT2D eigenvalue weighted by Gasteiger charge is 2.44. The Balaban J connectivity index is 1.09. The summed E-state index contributed by atoms with van der Waals surface area (Å²) in [5, 5.41) is 15.8. The summed E-state index contributed by atoms with van der Waals surface area (Å²) in [6.45, 7) is 7.85. The second-order valence-corrected chi connectivity index (χ2v) is 15.8. The van der Waals surface area contributed by atoms with Crippen molar-refractivity contribution in [1.29, 1.82) is 0 Å². The van der Waals surface area contributed by atoms with E-state index in [1.165, 1.54) is 19.3 Å². The van der Waals surface area contributed by atoms with Gasteiger partial charge in [-0.25, -0.2) is 14.8 Å². The van der Waals surface area contributed by atoms with Gasteiger partial charge < -0.3 is 40.0 Å². The van der Waals surface area contributed by atoms with Gasteiger partial charge in [0.05, 0.1) is 40.4 Å². The first-order valence-electron chi connectivity index (χ1n) is 19.5. The van der Waals surface area contributed by atoms with Gasteiger partial charge >= 0.3 is 12.5 Å². The van der Waals surface area contributed by atoms with Gasteiger partial charge in [0.25, 0.3) is 5.91 Å². The summed E-state index contributed by atoms with van der Waals surface area (Å²) in [6, 6.07) is 11.2. The lowest BCUT2D eigenvalue weighted by atomic mass is 9.89. The van der Waals surface area contributed by atoms with Gasteiger partial charge in [0.15, 0.2) is 0 Å². The number of aromatic nitrogens is 3. The van der Waals surface area contributed by atoms with Crippen molar-refractivity contribution in [2.75, 3.05) is 56.7 Å². The number of hydrogen-bond acceptors (Lipinski definition) is 9. The molecule has 3 fully saturated rings. The van der Waals surface area contributed by atoms with Crippen molar-refractivity contribution in [1.82, 2.24) is 30.1 Å². The van der Waals surface area contributed by atoms with Gasteiger partial charge in [-0.15, -0.1) is 13.2 Å². The third kappa shape index (κ3) is 9.42. The van der Waals surface area contributed by atoms with Crippen LogP contribution in [0.5, 0.6) is 5.75 Å². The van der Waals surface area contributed by atoms with Crippen LogP contribution in [-0.4, -0.2) is 113 Å². The van der Waals surface area contributed by atoms with Crippen LogP contribution in [0.15, 0.2) is 60.9 Å². The third-order valence-corrected chi connectivity index (χ3v) is 11.5. The van der Waals surface area contributed by atoms with E-state index in [9.17, 15) is 32.7 Å². The van der Waals surface area contributed by atoms with Gasteiger partial charge in [0.1, 0.15) is 23.4 Å². The quantitative estimate of drug-likeness (QED) is 0.130. The number of H-pyrrole nitrogens is 1. The molecule has 0 aliphatic carbocycles. The summed E-state index contributed by atoms with van der Waals surface area (Å²) < 4.78 is 51.1. The van der Waals surface area contributed by atoms with Crippen molar-refractivity contribution in [3.05, 3.63) is 77.3 Å². The van der Waals surface area contributed by atoms with Gasteiger partial charge in [-0.3, -0.25) is 14.5 Å². The number of likely N-dealkylation sites (N-methyl/N-ethyl adjacent to an activating group) is 1. The van der Waals surface area contributed by atoms with Gasteiger partial charge in [-0.05, 0) is 73.4 Å². The lowest BCUT2D eigenvalue weighted by Crippen LogP contribution is -2.53. The van der Waals surface area contributed by atoms with Crippen molar-refractivity contribution in [2.24, 2.45) is 11.8 Å². The molecule has 3 saturated heterocycles. The van der Waals surface area contributed by atoms with Crippen LogP contribution < -0.4 is 20.3 Å². The Labute approximate surface area is 344 Å². The molecule has 0 radical (unpaired) electrons. The highest BCUT2D eigenvalue weighted by Crippen LogP contribution is 2.40. The second-order valence-electron chi connectivity index (χ2n) is 15.4. The van der Waals surface area contributed by atoms with Gasteiger partial charge in [0, 0.05) is 58.0 Å². The normalized spacial score (nSPS) is 20.6. The molecule has 2 aromatic carbocycles. The van der Waals surface area contributed by atoms with Crippen LogP contribution in [0.3, 0.4) is 0 Å². The van der Waals surface area contributed by atoms with Crippen molar-refractivity contribution in [2.45, 2.75) is 57.6 Å². The molecule has 4 N–H and O–H groups in total. The number of carbonyl (C=O) groups excluding carboxylic acids is 2. The minimum atomic E-state index is -5.07. The number of carbonyl (C=O) groups is 3. The fourth-order valence-corrected chi connectivity index (χ4v) is 8.46. The number of alkyl halides is 3. The van der Waals surface area contributed by atoms with Crippen LogP contribution >= 0.6 is 11.6 Å². The van der Waals surface area contributed by atoms with Crippen molar-refractivity contribution >= 4 is 41.0 Å². The first-order valence-corrected chi connectivity index (χ1v) is 19.9. The number of pyridine rings is 1. The average Bonchev–Trinajstić information content (AvgIpc) is 3.86. The fourth-order valence-electron chi connectivity index (χ4n) is 8.21. The molecule has 0 saturated carbocycles. The maximum absolute atomic E-state index is 14.1. The smallest absolute Gasteiger partial charge is 0.465 e. The number of amides is 3. The summed E-state index contributed by atoms with van der Waals surface area (Å²) in [5.74, 6) is -0.404. The van der Waals surface area contributed by atoms with E-state index in [1.807, 2.05) is 6.92 Å². The molecule has 4 aromatic rings. The Kier molecular flexibility index (Phi) is 12.4. The monoisotopic (exact) mass is 838 g/mol. The summed E-state index contributed by atoms with van der Waals surface area (Å²) in [5.41, 5.74) is 1.73.